The van der Waals surface area contributed by atoms with Crippen molar-refractivity contribution in [1.82, 2.24) is 5.43 Å². The summed E-state index contributed by atoms with van der Waals surface area (Å²) in [7, 11) is 3.16. The van der Waals surface area contributed by atoms with Gasteiger partial charge in [-0.15, -0.1) is 0 Å². The van der Waals surface area contributed by atoms with Gasteiger partial charge < -0.3 is 19.5 Å². The number of methoxy groups -OCH3 is 2. The zero-order valence-corrected chi connectivity index (χ0v) is 16.0. The van der Waals surface area contributed by atoms with Crippen molar-refractivity contribution < 1.29 is 19.0 Å². The Morgan fingerprint density at radius 1 is 1.07 bits per heavy atom. The Kier molecular flexibility index (Phi) is 7.49. The number of nitrogens with zero attached hydrogens (tertiary/aromatic N) is 1. The summed E-state index contributed by atoms with van der Waals surface area (Å²) in [5, 5.41) is 6.98. The van der Waals surface area contributed by atoms with Gasteiger partial charge in [0.2, 0.25) is 0 Å². The van der Waals surface area contributed by atoms with E-state index in [1.54, 1.807) is 26.5 Å². The molecule has 0 aliphatic carbocycles. The standard InChI is InChI=1S/C20H25N3O4/c1-14(2)27-18-10-9-15(11-19(18)26-4)12-22-23-20(24)13-21-16-7-5-6-8-17(16)25-3/h5-12,14,21H,13H2,1-4H3,(H,23,24)/b22-12+. The summed E-state index contributed by atoms with van der Waals surface area (Å²) in [5.74, 6) is 1.67. The summed E-state index contributed by atoms with van der Waals surface area (Å²) >= 11 is 0. The first kappa shape index (κ1) is 20.1. The van der Waals surface area contributed by atoms with E-state index in [1.165, 1.54) is 0 Å². The summed E-state index contributed by atoms with van der Waals surface area (Å²) in [6.07, 6.45) is 1.59. The van der Waals surface area contributed by atoms with Gasteiger partial charge in [-0.25, -0.2) is 5.43 Å². The van der Waals surface area contributed by atoms with Gasteiger partial charge in [0.15, 0.2) is 11.5 Å². The smallest absolute Gasteiger partial charge is 0.259 e. The van der Waals surface area contributed by atoms with E-state index in [9.17, 15) is 4.79 Å². The molecule has 0 spiro atoms. The molecular formula is C20H25N3O4. The van der Waals surface area contributed by atoms with E-state index in [0.717, 1.165) is 11.3 Å². The molecule has 144 valence electrons. The van der Waals surface area contributed by atoms with Crippen LogP contribution in [0.4, 0.5) is 5.69 Å². The minimum absolute atomic E-state index is 0.0495. The third-order valence-corrected chi connectivity index (χ3v) is 3.50. The minimum atomic E-state index is -0.274. The lowest BCUT2D eigenvalue weighted by molar-refractivity contribution is -0.119. The molecule has 2 aromatic carbocycles. The number of amides is 1. The van der Waals surface area contributed by atoms with E-state index in [2.05, 4.69) is 15.8 Å². The Morgan fingerprint density at radius 3 is 2.52 bits per heavy atom. The zero-order valence-electron chi connectivity index (χ0n) is 16.0. The molecule has 0 unspecified atom stereocenters. The van der Waals surface area contributed by atoms with Gasteiger partial charge in [0.25, 0.3) is 5.91 Å². The van der Waals surface area contributed by atoms with Gasteiger partial charge in [-0.2, -0.15) is 5.10 Å². The lowest BCUT2D eigenvalue weighted by Crippen LogP contribution is -2.26. The van der Waals surface area contributed by atoms with Crippen LogP contribution < -0.4 is 25.0 Å². The minimum Gasteiger partial charge on any atom is -0.495 e. The van der Waals surface area contributed by atoms with Crippen molar-refractivity contribution >= 4 is 17.8 Å². The highest BCUT2D eigenvalue weighted by atomic mass is 16.5. The third-order valence-electron chi connectivity index (χ3n) is 3.50. The van der Waals surface area contributed by atoms with Crippen molar-refractivity contribution in [1.29, 1.82) is 0 Å². The number of hydrazone groups is 1. The number of benzene rings is 2. The number of carbonyl (C=O) groups excluding carboxylic acids is 1. The van der Waals surface area contributed by atoms with Crippen LogP contribution in [0, 0.1) is 0 Å². The fourth-order valence-electron chi connectivity index (χ4n) is 2.30. The molecule has 0 aromatic heterocycles. The van der Waals surface area contributed by atoms with Crippen molar-refractivity contribution in [3.05, 3.63) is 48.0 Å². The molecule has 2 aromatic rings. The fraction of sp³-hybridized carbons (Fsp3) is 0.300. The highest BCUT2D eigenvalue weighted by Crippen LogP contribution is 2.28. The molecule has 0 fully saturated rings. The van der Waals surface area contributed by atoms with Crippen LogP contribution in [-0.2, 0) is 4.79 Å². The SMILES string of the molecule is COc1ccccc1NCC(=O)N/N=C/c1ccc(OC(C)C)c(OC)c1. The Bertz CT molecular complexity index is 791. The van der Waals surface area contributed by atoms with E-state index in [4.69, 9.17) is 14.2 Å². The van der Waals surface area contributed by atoms with E-state index >= 15 is 0 Å². The second-order valence-electron chi connectivity index (χ2n) is 5.92. The van der Waals surface area contributed by atoms with Gasteiger partial charge in [-0.3, -0.25) is 4.79 Å². The van der Waals surface area contributed by atoms with Gasteiger partial charge in [0, 0.05) is 0 Å². The normalized spacial score (nSPS) is 10.7. The molecule has 0 aliphatic heterocycles. The molecule has 0 aliphatic rings. The van der Waals surface area contributed by atoms with Gasteiger partial charge in [0.05, 0.1) is 38.8 Å². The van der Waals surface area contributed by atoms with E-state index in [1.807, 2.05) is 50.2 Å². The number of anilines is 1. The first-order valence-corrected chi connectivity index (χ1v) is 8.57. The largest absolute Gasteiger partial charge is 0.495 e. The van der Waals surface area contributed by atoms with Crippen LogP contribution in [0.15, 0.2) is 47.6 Å². The van der Waals surface area contributed by atoms with Gasteiger partial charge >= 0.3 is 0 Å². The fourth-order valence-corrected chi connectivity index (χ4v) is 2.30. The number of ether oxygens (including phenoxy) is 3. The van der Waals surface area contributed by atoms with E-state index < -0.39 is 0 Å². The molecule has 0 saturated heterocycles. The second kappa shape index (κ2) is 10.1. The van der Waals surface area contributed by atoms with Crippen LogP contribution in [-0.4, -0.2) is 39.0 Å². The number of hydrogen-bond donors (Lipinski definition) is 2. The Labute approximate surface area is 159 Å². The maximum atomic E-state index is 11.9. The average Bonchev–Trinajstić information content (AvgIpc) is 2.67. The maximum absolute atomic E-state index is 11.9. The van der Waals surface area contributed by atoms with Crippen LogP contribution in [0.25, 0.3) is 0 Å². The summed E-state index contributed by atoms with van der Waals surface area (Å²) in [6.45, 7) is 3.97. The lowest BCUT2D eigenvalue weighted by Gasteiger charge is -2.13. The number of nitrogens with one attached hydrogen (secondary N) is 2. The van der Waals surface area contributed by atoms with Crippen molar-refractivity contribution in [2.45, 2.75) is 20.0 Å². The molecule has 2 N–H and O–H groups in total. The molecule has 7 heteroatoms. The number of rotatable bonds is 9. The molecule has 27 heavy (non-hydrogen) atoms. The molecule has 0 saturated carbocycles. The van der Waals surface area contributed by atoms with Crippen LogP contribution in [0.1, 0.15) is 19.4 Å². The van der Waals surface area contributed by atoms with Gasteiger partial charge in [-0.05, 0) is 49.7 Å². The first-order valence-electron chi connectivity index (χ1n) is 8.57. The quantitative estimate of drug-likeness (QED) is 0.523. The molecule has 1 amide bonds. The Hall–Kier alpha value is -3.22. The molecule has 0 heterocycles. The molecular weight excluding hydrogens is 346 g/mol. The van der Waals surface area contributed by atoms with Crippen molar-refractivity contribution in [2.24, 2.45) is 5.10 Å². The summed E-state index contributed by atoms with van der Waals surface area (Å²) in [5.41, 5.74) is 4.00. The monoisotopic (exact) mass is 371 g/mol. The molecule has 7 nitrogen and oxygen atoms in total. The summed E-state index contributed by atoms with van der Waals surface area (Å²) in [6, 6.07) is 12.8. The topological polar surface area (TPSA) is 81.2 Å². The predicted octanol–water partition coefficient (Wildman–Crippen LogP) is 3.05. The van der Waals surface area contributed by atoms with Crippen LogP contribution in [0.3, 0.4) is 0 Å². The molecule has 0 bridgehead atoms. The number of carbonyl (C=O) groups is 1. The number of hydrogen-bond acceptors (Lipinski definition) is 6. The van der Waals surface area contributed by atoms with E-state index in [-0.39, 0.29) is 18.6 Å². The molecule has 0 atom stereocenters. The second-order valence-corrected chi connectivity index (χ2v) is 5.92. The highest BCUT2D eigenvalue weighted by molar-refractivity contribution is 5.85. The first-order chi connectivity index (χ1) is 13.0. The average molecular weight is 371 g/mol. The van der Waals surface area contributed by atoms with Crippen molar-refractivity contribution in [3.63, 3.8) is 0 Å². The van der Waals surface area contributed by atoms with Crippen LogP contribution in [0.2, 0.25) is 0 Å². The van der Waals surface area contributed by atoms with E-state index in [0.29, 0.717) is 17.2 Å². The summed E-state index contributed by atoms with van der Waals surface area (Å²) < 4.78 is 16.2. The predicted molar refractivity (Wildman–Crippen MR) is 106 cm³/mol. The van der Waals surface area contributed by atoms with Gasteiger partial charge in [0.1, 0.15) is 5.75 Å². The van der Waals surface area contributed by atoms with Crippen molar-refractivity contribution in [2.75, 3.05) is 26.1 Å². The maximum Gasteiger partial charge on any atom is 0.259 e. The molecule has 2 rings (SSSR count). The highest BCUT2D eigenvalue weighted by Gasteiger charge is 2.07. The third kappa shape index (κ3) is 6.22. The Morgan fingerprint density at radius 2 is 1.81 bits per heavy atom. The summed E-state index contributed by atoms with van der Waals surface area (Å²) in [4.78, 5) is 11.9. The lowest BCUT2D eigenvalue weighted by atomic mass is 10.2. The molecule has 0 radical (unpaired) electrons. The number of para-hydroxylation sites is 2. The zero-order chi connectivity index (χ0) is 19.6. The van der Waals surface area contributed by atoms with Gasteiger partial charge in [-0.1, -0.05) is 12.1 Å². The van der Waals surface area contributed by atoms with Crippen LogP contribution in [0.5, 0.6) is 17.2 Å². The van der Waals surface area contributed by atoms with Crippen LogP contribution >= 0.6 is 0 Å². The Balaban J connectivity index is 1.90. The van der Waals surface area contributed by atoms with Crippen molar-refractivity contribution in [3.8, 4) is 17.2 Å².